The Morgan fingerprint density at radius 1 is 1.30 bits per heavy atom. The Labute approximate surface area is 175 Å². The molecule has 2 aliphatic heterocycles. The van der Waals surface area contributed by atoms with Crippen LogP contribution in [0.3, 0.4) is 0 Å². The number of carbonyl (C=O) groups excluding carboxylic acids is 3. The average Bonchev–Trinajstić information content (AvgIpc) is 3.12. The van der Waals surface area contributed by atoms with Crippen LogP contribution >= 0.6 is 0 Å². The molecule has 0 radical (unpaired) electrons. The summed E-state index contributed by atoms with van der Waals surface area (Å²) in [7, 11) is 0. The zero-order chi connectivity index (χ0) is 21.4. The van der Waals surface area contributed by atoms with Crippen LogP contribution in [0.15, 0.2) is 23.0 Å². The largest absolute Gasteiger partial charge is 0.472 e. The second kappa shape index (κ2) is 6.19. The minimum Gasteiger partial charge on any atom is -0.472 e. The molecule has 1 aromatic heterocycles. The van der Waals surface area contributed by atoms with Crippen molar-refractivity contribution < 1.29 is 33.0 Å². The number of cyclic esters (lactones) is 1. The molecule has 0 aromatic carbocycles. The molecule has 0 bridgehead atoms. The number of carbonyl (C=O) groups is 3. The number of esters is 2. The quantitative estimate of drug-likeness (QED) is 0.551. The zero-order valence-electron chi connectivity index (χ0n) is 17.7. The summed E-state index contributed by atoms with van der Waals surface area (Å²) in [5, 5.41) is 0. The molecular formula is C23H28O7. The van der Waals surface area contributed by atoms with E-state index in [1.165, 1.54) is 6.92 Å². The summed E-state index contributed by atoms with van der Waals surface area (Å²) in [5.74, 6) is -0.833. The Kier molecular flexibility index (Phi) is 4.08. The predicted molar refractivity (Wildman–Crippen MR) is 103 cm³/mol. The number of rotatable bonds is 3. The summed E-state index contributed by atoms with van der Waals surface area (Å²) >= 11 is 0. The van der Waals surface area contributed by atoms with E-state index in [1.54, 1.807) is 12.5 Å². The molecule has 2 aliphatic carbocycles. The summed E-state index contributed by atoms with van der Waals surface area (Å²) in [6.07, 6.45) is 5.77. The number of Topliss-reactive ketones (excluding diaryl/α,β-unsaturated/α-hetero) is 1. The summed E-state index contributed by atoms with van der Waals surface area (Å²) < 4.78 is 22.6. The summed E-state index contributed by atoms with van der Waals surface area (Å²) in [6, 6.07) is 1.82. The van der Waals surface area contributed by atoms with Crippen molar-refractivity contribution in [3.05, 3.63) is 24.2 Å². The van der Waals surface area contributed by atoms with Crippen LogP contribution in [0.1, 0.15) is 64.5 Å². The van der Waals surface area contributed by atoms with E-state index in [-0.39, 0.29) is 30.7 Å². The predicted octanol–water partition coefficient (Wildman–Crippen LogP) is 3.37. The number of ether oxygens (including phenoxy) is 3. The van der Waals surface area contributed by atoms with Crippen molar-refractivity contribution in [3.8, 4) is 0 Å². The van der Waals surface area contributed by atoms with Gasteiger partial charge in [-0.3, -0.25) is 14.4 Å². The molecule has 7 nitrogen and oxygen atoms in total. The number of fused-ring (bicyclic) bond motifs is 3. The molecule has 162 valence electrons. The van der Waals surface area contributed by atoms with Gasteiger partial charge in [-0.15, -0.1) is 0 Å². The molecule has 4 fully saturated rings. The Bertz CT molecular complexity index is 901. The normalized spacial score (nSPS) is 44.8. The Balaban J connectivity index is 1.66. The van der Waals surface area contributed by atoms with Crippen molar-refractivity contribution >= 4 is 17.7 Å². The van der Waals surface area contributed by atoms with Crippen molar-refractivity contribution in [2.45, 2.75) is 64.6 Å². The van der Waals surface area contributed by atoms with E-state index in [2.05, 4.69) is 0 Å². The van der Waals surface area contributed by atoms with Gasteiger partial charge in [0.2, 0.25) is 0 Å². The lowest BCUT2D eigenvalue weighted by Crippen LogP contribution is -2.72. The Morgan fingerprint density at radius 2 is 2.07 bits per heavy atom. The van der Waals surface area contributed by atoms with E-state index < -0.39 is 33.9 Å². The fourth-order valence-corrected chi connectivity index (χ4v) is 7.20. The van der Waals surface area contributed by atoms with Crippen LogP contribution in [0, 0.1) is 22.2 Å². The van der Waals surface area contributed by atoms with E-state index in [0.717, 1.165) is 18.4 Å². The number of hydrogen-bond donors (Lipinski definition) is 0. The molecule has 0 amide bonds. The highest BCUT2D eigenvalue weighted by atomic mass is 16.6. The second-order valence-electron chi connectivity index (χ2n) is 9.81. The SMILES string of the molecule is CC(=O)OCC12C(=O)CC(C)C3(CC(c4ccoc4)OC3=O)C1(C)CCCC21CO1. The van der Waals surface area contributed by atoms with Crippen LogP contribution in [0.25, 0.3) is 0 Å². The molecule has 2 saturated heterocycles. The molecule has 1 aromatic rings. The van der Waals surface area contributed by atoms with Gasteiger partial charge < -0.3 is 18.6 Å². The maximum atomic E-state index is 13.8. The highest BCUT2D eigenvalue weighted by molar-refractivity contribution is 5.94. The van der Waals surface area contributed by atoms with Gasteiger partial charge in [-0.2, -0.15) is 0 Å². The highest BCUT2D eigenvalue weighted by Gasteiger charge is 2.82. The van der Waals surface area contributed by atoms with Gasteiger partial charge in [-0.25, -0.2) is 0 Å². The lowest BCUT2D eigenvalue weighted by molar-refractivity contribution is -0.216. The highest BCUT2D eigenvalue weighted by Crippen LogP contribution is 2.75. The Hall–Kier alpha value is -2.15. The molecular weight excluding hydrogens is 388 g/mol. The smallest absolute Gasteiger partial charge is 0.313 e. The fourth-order valence-electron chi connectivity index (χ4n) is 7.20. The molecule has 6 unspecified atom stereocenters. The molecule has 6 atom stereocenters. The van der Waals surface area contributed by atoms with Crippen molar-refractivity contribution in [2.75, 3.05) is 13.2 Å². The van der Waals surface area contributed by atoms with Crippen molar-refractivity contribution in [2.24, 2.45) is 22.2 Å². The summed E-state index contributed by atoms with van der Waals surface area (Å²) in [5.41, 5.74) is -2.47. The standard InChI is InChI=1S/C23H28O7/c1-14-9-18(25)23(13-28-15(2)24)20(3,6-4-7-21(23)12-29-21)22(14)10-17(30-19(22)26)16-5-8-27-11-16/h5,8,11,14,17H,4,6-7,9-10,12-13H2,1-3H3. The van der Waals surface area contributed by atoms with Gasteiger partial charge in [0.1, 0.15) is 29.5 Å². The Morgan fingerprint density at radius 3 is 2.70 bits per heavy atom. The van der Waals surface area contributed by atoms with Crippen molar-refractivity contribution in [1.82, 2.24) is 0 Å². The number of epoxide rings is 1. The fraction of sp³-hybridized carbons (Fsp3) is 0.696. The van der Waals surface area contributed by atoms with Gasteiger partial charge in [0.25, 0.3) is 0 Å². The summed E-state index contributed by atoms with van der Waals surface area (Å²) in [6.45, 7) is 5.77. The number of furan rings is 1. The molecule has 0 N–H and O–H groups in total. The molecule has 30 heavy (non-hydrogen) atoms. The van der Waals surface area contributed by atoms with E-state index in [1.807, 2.05) is 19.9 Å². The minimum atomic E-state index is -1.04. The monoisotopic (exact) mass is 416 g/mol. The van der Waals surface area contributed by atoms with Gasteiger partial charge in [-0.1, -0.05) is 13.8 Å². The first-order valence-corrected chi connectivity index (χ1v) is 10.8. The topological polar surface area (TPSA) is 95.3 Å². The van der Waals surface area contributed by atoms with E-state index in [4.69, 9.17) is 18.6 Å². The van der Waals surface area contributed by atoms with E-state index in [9.17, 15) is 14.4 Å². The van der Waals surface area contributed by atoms with Gasteiger partial charge >= 0.3 is 11.9 Å². The average molecular weight is 416 g/mol. The first-order valence-electron chi connectivity index (χ1n) is 10.8. The molecule has 7 heteroatoms. The molecule has 4 aliphatic rings. The van der Waals surface area contributed by atoms with Crippen LogP contribution in [-0.4, -0.2) is 36.5 Å². The van der Waals surface area contributed by atoms with Crippen LogP contribution in [0.4, 0.5) is 0 Å². The van der Waals surface area contributed by atoms with Gasteiger partial charge in [0, 0.05) is 30.7 Å². The van der Waals surface area contributed by atoms with Crippen LogP contribution in [0.5, 0.6) is 0 Å². The van der Waals surface area contributed by atoms with Crippen LogP contribution in [0.2, 0.25) is 0 Å². The first-order chi connectivity index (χ1) is 14.2. The molecule has 2 spiro atoms. The third-order valence-corrected chi connectivity index (χ3v) is 8.79. The van der Waals surface area contributed by atoms with Gasteiger partial charge in [-0.05, 0) is 31.2 Å². The van der Waals surface area contributed by atoms with Crippen molar-refractivity contribution in [3.63, 3.8) is 0 Å². The van der Waals surface area contributed by atoms with Crippen LogP contribution < -0.4 is 0 Å². The zero-order valence-corrected chi connectivity index (χ0v) is 17.7. The van der Waals surface area contributed by atoms with Gasteiger partial charge in [0.05, 0.1) is 24.5 Å². The number of hydrogen-bond acceptors (Lipinski definition) is 7. The maximum Gasteiger partial charge on any atom is 0.313 e. The van der Waals surface area contributed by atoms with E-state index in [0.29, 0.717) is 19.4 Å². The molecule has 5 rings (SSSR count). The third-order valence-electron chi connectivity index (χ3n) is 8.79. The van der Waals surface area contributed by atoms with Crippen molar-refractivity contribution in [1.29, 1.82) is 0 Å². The second-order valence-corrected chi connectivity index (χ2v) is 9.81. The third kappa shape index (κ3) is 2.17. The maximum absolute atomic E-state index is 13.8. The summed E-state index contributed by atoms with van der Waals surface area (Å²) in [4.78, 5) is 39.2. The van der Waals surface area contributed by atoms with Gasteiger partial charge in [0.15, 0.2) is 0 Å². The number of ketones is 1. The lowest BCUT2D eigenvalue weighted by Gasteiger charge is -2.64. The minimum absolute atomic E-state index is 0.0427. The van der Waals surface area contributed by atoms with E-state index >= 15 is 0 Å². The van der Waals surface area contributed by atoms with Crippen LogP contribution in [-0.2, 0) is 28.6 Å². The molecule has 3 heterocycles. The lowest BCUT2D eigenvalue weighted by atomic mass is 9.36. The first kappa shape index (κ1) is 19.8. The molecule has 2 saturated carbocycles.